The number of piperidine rings is 1. The maximum atomic E-state index is 13.1. The molecule has 0 radical (unpaired) electrons. The van der Waals surface area contributed by atoms with Crippen LogP contribution in [0.1, 0.15) is 33.1 Å². The first-order valence-corrected chi connectivity index (χ1v) is 6.63. The van der Waals surface area contributed by atoms with Gasteiger partial charge in [0.15, 0.2) is 0 Å². The van der Waals surface area contributed by atoms with Gasteiger partial charge in [-0.1, -0.05) is 13.8 Å². The van der Waals surface area contributed by atoms with Crippen molar-refractivity contribution < 1.29 is 9.13 Å². The molecule has 2 unspecified atom stereocenters. The first-order chi connectivity index (χ1) is 7.65. The molecule has 0 spiro atoms. The van der Waals surface area contributed by atoms with E-state index < -0.39 is 6.17 Å². The first kappa shape index (κ1) is 12.3. The van der Waals surface area contributed by atoms with Crippen molar-refractivity contribution in [2.45, 2.75) is 45.4 Å². The SMILES string of the molecule is CC1CC(F)CO[C@@H]1CN1CCC[C@@H](C)C1. The summed E-state index contributed by atoms with van der Waals surface area (Å²) in [5, 5.41) is 0. The normalized spacial score (nSPS) is 42.2. The van der Waals surface area contributed by atoms with Crippen molar-refractivity contribution >= 4 is 0 Å². The Morgan fingerprint density at radius 2 is 2.19 bits per heavy atom. The number of likely N-dealkylation sites (tertiary alicyclic amines) is 1. The first-order valence-electron chi connectivity index (χ1n) is 6.63. The predicted molar refractivity (Wildman–Crippen MR) is 63.3 cm³/mol. The Morgan fingerprint density at radius 3 is 2.88 bits per heavy atom. The van der Waals surface area contributed by atoms with Gasteiger partial charge in [0.25, 0.3) is 0 Å². The highest BCUT2D eigenvalue weighted by atomic mass is 19.1. The van der Waals surface area contributed by atoms with Crippen molar-refractivity contribution in [3.63, 3.8) is 0 Å². The lowest BCUT2D eigenvalue weighted by molar-refractivity contribution is -0.0752. The molecule has 0 N–H and O–H groups in total. The molecule has 16 heavy (non-hydrogen) atoms. The van der Waals surface area contributed by atoms with E-state index in [9.17, 15) is 4.39 Å². The highest BCUT2D eigenvalue weighted by Crippen LogP contribution is 2.25. The summed E-state index contributed by atoms with van der Waals surface area (Å²) in [5.41, 5.74) is 0. The van der Waals surface area contributed by atoms with Crippen LogP contribution in [0.15, 0.2) is 0 Å². The Balaban J connectivity index is 1.80. The monoisotopic (exact) mass is 229 g/mol. The molecule has 0 aliphatic carbocycles. The van der Waals surface area contributed by atoms with E-state index in [0.29, 0.717) is 18.9 Å². The molecule has 2 aliphatic rings. The zero-order valence-electron chi connectivity index (χ0n) is 10.5. The second-order valence-corrected chi connectivity index (χ2v) is 5.69. The van der Waals surface area contributed by atoms with Crippen LogP contribution in [-0.2, 0) is 4.74 Å². The number of alkyl halides is 1. The van der Waals surface area contributed by atoms with Gasteiger partial charge in [-0.25, -0.2) is 4.39 Å². The zero-order chi connectivity index (χ0) is 11.5. The van der Waals surface area contributed by atoms with Crippen LogP contribution in [-0.4, -0.2) is 43.4 Å². The Labute approximate surface area is 98.1 Å². The standard InChI is InChI=1S/C13H24FNO/c1-10-4-3-5-15(7-10)8-13-11(2)6-12(14)9-16-13/h10-13H,3-9H2,1-2H3/t10-,11?,12?,13-/m1/s1. The van der Waals surface area contributed by atoms with E-state index in [1.54, 1.807) is 0 Å². The minimum atomic E-state index is -0.744. The van der Waals surface area contributed by atoms with Gasteiger partial charge in [0.1, 0.15) is 6.17 Å². The van der Waals surface area contributed by atoms with E-state index in [-0.39, 0.29) is 6.10 Å². The van der Waals surface area contributed by atoms with Crippen LogP contribution in [0.3, 0.4) is 0 Å². The summed E-state index contributed by atoms with van der Waals surface area (Å²) in [4.78, 5) is 2.49. The third-order valence-corrected chi connectivity index (χ3v) is 3.93. The summed E-state index contributed by atoms with van der Waals surface area (Å²) in [5.74, 6) is 1.17. The summed E-state index contributed by atoms with van der Waals surface area (Å²) in [7, 11) is 0. The molecule has 0 aromatic rings. The van der Waals surface area contributed by atoms with Crippen LogP contribution in [0.2, 0.25) is 0 Å². The summed E-state index contributed by atoms with van der Waals surface area (Å²) >= 11 is 0. The topological polar surface area (TPSA) is 12.5 Å². The van der Waals surface area contributed by atoms with Gasteiger partial charge < -0.3 is 9.64 Å². The number of halogens is 1. The van der Waals surface area contributed by atoms with E-state index in [1.165, 1.54) is 25.9 Å². The summed E-state index contributed by atoms with van der Waals surface area (Å²) in [6, 6.07) is 0. The summed E-state index contributed by atoms with van der Waals surface area (Å²) in [6.07, 6.45) is 2.83. The average Bonchev–Trinajstić information content (AvgIpc) is 2.22. The fourth-order valence-electron chi connectivity index (χ4n) is 2.96. The molecule has 2 nitrogen and oxygen atoms in total. The summed E-state index contributed by atoms with van der Waals surface area (Å²) in [6.45, 7) is 8.11. The van der Waals surface area contributed by atoms with E-state index in [2.05, 4.69) is 18.7 Å². The lowest BCUT2D eigenvalue weighted by Crippen LogP contribution is -2.45. The number of rotatable bonds is 2. The third-order valence-electron chi connectivity index (χ3n) is 3.93. The van der Waals surface area contributed by atoms with Crippen LogP contribution in [0.5, 0.6) is 0 Å². The molecule has 2 fully saturated rings. The molecule has 2 rings (SSSR count). The van der Waals surface area contributed by atoms with Crippen molar-refractivity contribution in [3.8, 4) is 0 Å². The van der Waals surface area contributed by atoms with Crippen molar-refractivity contribution in [2.75, 3.05) is 26.2 Å². The molecule has 0 aromatic heterocycles. The predicted octanol–water partition coefficient (Wildman–Crippen LogP) is 2.48. The van der Waals surface area contributed by atoms with Gasteiger partial charge >= 0.3 is 0 Å². The molecule has 2 saturated heterocycles. The quantitative estimate of drug-likeness (QED) is 0.721. The molecule has 2 heterocycles. The number of hydrogen-bond donors (Lipinski definition) is 0. The van der Waals surface area contributed by atoms with Crippen LogP contribution >= 0.6 is 0 Å². The van der Waals surface area contributed by atoms with Crippen LogP contribution in [0.4, 0.5) is 4.39 Å². The van der Waals surface area contributed by atoms with Gasteiger partial charge in [-0.3, -0.25) is 0 Å². The second kappa shape index (κ2) is 5.46. The van der Waals surface area contributed by atoms with Crippen molar-refractivity contribution in [3.05, 3.63) is 0 Å². The second-order valence-electron chi connectivity index (χ2n) is 5.69. The van der Waals surface area contributed by atoms with E-state index >= 15 is 0 Å². The van der Waals surface area contributed by atoms with E-state index in [1.807, 2.05) is 0 Å². The lowest BCUT2D eigenvalue weighted by atomic mass is 9.93. The lowest BCUT2D eigenvalue weighted by Gasteiger charge is -2.38. The minimum absolute atomic E-state index is 0.247. The molecule has 4 atom stereocenters. The fourth-order valence-corrected chi connectivity index (χ4v) is 2.96. The maximum Gasteiger partial charge on any atom is 0.124 e. The highest BCUT2D eigenvalue weighted by molar-refractivity contribution is 4.80. The molecule has 0 bridgehead atoms. The average molecular weight is 229 g/mol. The largest absolute Gasteiger partial charge is 0.374 e. The van der Waals surface area contributed by atoms with Gasteiger partial charge in [-0.05, 0) is 37.6 Å². The van der Waals surface area contributed by atoms with Crippen molar-refractivity contribution in [1.82, 2.24) is 4.90 Å². The Kier molecular flexibility index (Phi) is 4.20. The van der Waals surface area contributed by atoms with Crippen LogP contribution < -0.4 is 0 Å². The van der Waals surface area contributed by atoms with Gasteiger partial charge in [-0.15, -0.1) is 0 Å². The molecule has 0 amide bonds. The zero-order valence-corrected chi connectivity index (χ0v) is 10.5. The van der Waals surface area contributed by atoms with Crippen LogP contribution in [0.25, 0.3) is 0 Å². The van der Waals surface area contributed by atoms with Crippen molar-refractivity contribution in [2.24, 2.45) is 11.8 Å². The van der Waals surface area contributed by atoms with Crippen molar-refractivity contribution in [1.29, 1.82) is 0 Å². The van der Waals surface area contributed by atoms with E-state index in [0.717, 1.165) is 12.5 Å². The molecular weight excluding hydrogens is 205 g/mol. The molecule has 2 aliphatic heterocycles. The molecule has 0 aromatic carbocycles. The number of hydrogen-bond acceptors (Lipinski definition) is 2. The molecular formula is C13H24FNO. The van der Waals surface area contributed by atoms with Gasteiger partial charge in [0, 0.05) is 13.1 Å². The third kappa shape index (κ3) is 3.17. The Morgan fingerprint density at radius 1 is 1.38 bits per heavy atom. The van der Waals surface area contributed by atoms with E-state index in [4.69, 9.17) is 4.74 Å². The molecule has 0 saturated carbocycles. The minimum Gasteiger partial charge on any atom is -0.374 e. The number of nitrogens with zero attached hydrogens (tertiary/aromatic N) is 1. The highest BCUT2D eigenvalue weighted by Gasteiger charge is 2.30. The molecule has 3 heteroatoms. The molecule has 94 valence electrons. The smallest absolute Gasteiger partial charge is 0.124 e. The Hall–Kier alpha value is -0.150. The van der Waals surface area contributed by atoms with Gasteiger partial charge in [0.05, 0.1) is 12.7 Å². The van der Waals surface area contributed by atoms with Gasteiger partial charge in [0.2, 0.25) is 0 Å². The van der Waals surface area contributed by atoms with Gasteiger partial charge in [-0.2, -0.15) is 0 Å². The van der Waals surface area contributed by atoms with Crippen LogP contribution in [0, 0.1) is 11.8 Å². The Bertz CT molecular complexity index is 224. The maximum absolute atomic E-state index is 13.1. The summed E-state index contributed by atoms with van der Waals surface area (Å²) < 4.78 is 18.7. The number of ether oxygens (including phenoxy) is 1. The fraction of sp³-hybridized carbons (Fsp3) is 1.00.